The number of carbonyl (C=O) groups is 2. The Hall–Kier alpha value is -3.28. The van der Waals surface area contributed by atoms with Gasteiger partial charge < -0.3 is 19.8 Å². The number of hydrogen-bond acceptors (Lipinski definition) is 4. The molecule has 1 amide bonds. The van der Waals surface area contributed by atoms with Crippen LogP contribution in [0, 0.1) is 0 Å². The highest BCUT2D eigenvalue weighted by molar-refractivity contribution is 6.13. The largest absolute Gasteiger partial charge is 0.497 e. The first-order valence-corrected chi connectivity index (χ1v) is 7.86. The molecule has 0 saturated heterocycles. The van der Waals surface area contributed by atoms with Gasteiger partial charge in [0.25, 0.3) is 5.91 Å². The van der Waals surface area contributed by atoms with Gasteiger partial charge in [-0.05, 0) is 49.4 Å². The van der Waals surface area contributed by atoms with E-state index in [1.807, 2.05) is 18.2 Å². The van der Waals surface area contributed by atoms with Crippen molar-refractivity contribution in [3.63, 3.8) is 0 Å². The molecule has 0 aliphatic carbocycles. The Balaban J connectivity index is 1.79. The number of carbonyl (C=O) groups excluding carboxylic acids is 2. The highest BCUT2D eigenvalue weighted by Crippen LogP contribution is 2.24. The van der Waals surface area contributed by atoms with E-state index in [1.54, 1.807) is 44.5 Å². The maximum absolute atomic E-state index is 12.5. The smallest absolute Gasteiger partial charge is 0.338 e. The van der Waals surface area contributed by atoms with E-state index in [-0.39, 0.29) is 11.9 Å². The minimum atomic E-state index is -0.385. The molecule has 1 heterocycles. The molecule has 0 aliphatic rings. The van der Waals surface area contributed by atoms with Crippen molar-refractivity contribution < 1.29 is 19.1 Å². The highest BCUT2D eigenvalue weighted by Gasteiger charge is 2.13. The molecule has 6 heteroatoms. The van der Waals surface area contributed by atoms with E-state index in [1.165, 1.54) is 0 Å². The summed E-state index contributed by atoms with van der Waals surface area (Å²) >= 11 is 0. The van der Waals surface area contributed by atoms with Crippen molar-refractivity contribution in [2.75, 3.05) is 19.0 Å². The molecule has 0 radical (unpaired) electrons. The number of aromatic nitrogens is 1. The Morgan fingerprint density at radius 3 is 2.56 bits per heavy atom. The van der Waals surface area contributed by atoms with Crippen LogP contribution in [0.2, 0.25) is 0 Å². The van der Waals surface area contributed by atoms with Crippen LogP contribution in [0.1, 0.15) is 27.6 Å². The molecule has 0 fully saturated rings. The van der Waals surface area contributed by atoms with E-state index in [2.05, 4.69) is 10.3 Å². The molecule has 3 rings (SSSR count). The van der Waals surface area contributed by atoms with Gasteiger partial charge in [-0.1, -0.05) is 0 Å². The van der Waals surface area contributed by atoms with Gasteiger partial charge in [0.2, 0.25) is 0 Å². The summed E-state index contributed by atoms with van der Waals surface area (Å²) in [5, 5.41) is 3.60. The second kappa shape index (κ2) is 7.09. The lowest BCUT2D eigenvalue weighted by Gasteiger charge is -2.06. The Labute approximate surface area is 144 Å². The molecule has 25 heavy (non-hydrogen) atoms. The van der Waals surface area contributed by atoms with Crippen LogP contribution in [-0.4, -0.2) is 30.6 Å². The third-order valence-electron chi connectivity index (χ3n) is 3.79. The minimum Gasteiger partial charge on any atom is -0.497 e. The Bertz CT molecular complexity index is 913. The fraction of sp³-hybridized carbons (Fsp3) is 0.158. The van der Waals surface area contributed by atoms with E-state index in [0.717, 1.165) is 10.9 Å². The summed E-state index contributed by atoms with van der Waals surface area (Å²) in [6.45, 7) is 2.07. The molecule has 1 aromatic heterocycles. The van der Waals surface area contributed by atoms with Crippen LogP contribution in [0.15, 0.2) is 48.7 Å². The summed E-state index contributed by atoms with van der Waals surface area (Å²) < 4.78 is 10.1. The van der Waals surface area contributed by atoms with Crippen molar-refractivity contribution in [1.82, 2.24) is 4.98 Å². The zero-order chi connectivity index (χ0) is 17.8. The first-order chi connectivity index (χ1) is 12.1. The summed E-state index contributed by atoms with van der Waals surface area (Å²) in [6.07, 6.45) is 1.66. The van der Waals surface area contributed by atoms with Gasteiger partial charge in [0, 0.05) is 22.8 Å². The number of methoxy groups -OCH3 is 1. The zero-order valence-corrected chi connectivity index (χ0v) is 14.0. The van der Waals surface area contributed by atoms with Crippen LogP contribution >= 0.6 is 0 Å². The minimum absolute atomic E-state index is 0.247. The van der Waals surface area contributed by atoms with Crippen LogP contribution in [-0.2, 0) is 4.74 Å². The van der Waals surface area contributed by atoms with Crippen molar-refractivity contribution in [1.29, 1.82) is 0 Å². The Kier molecular flexibility index (Phi) is 4.70. The summed E-state index contributed by atoms with van der Waals surface area (Å²) in [5.74, 6) is 0.0485. The van der Waals surface area contributed by atoms with Crippen molar-refractivity contribution >= 4 is 28.5 Å². The summed E-state index contributed by atoms with van der Waals surface area (Å²) in [4.78, 5) is 27.3. The number of esters is 1. The van der Waals surface area contributed by atoms with Gasteiger partial charge in [-0.3, -0.25) is 4.79 Å². The van der Waals surface area contributed by atoms with E-state index in [0.29, 0.717) is 29.2 Å². The lowest BCUT2D eigenvalue weighted by Crippen LogP contribution is -2.11. The molecular formula is C19H18N2O4. The van der Waals surface area contributed by atoms with E-state index in [9.17, 15) is 9.59 Å². The summed E-state index contributed by atoms with van der Waals surface area (Å²) in [7, 11) is 1.58. The molecule has 2 N–H and O–H groups in total. The van der Waals surface area contributed by atoms with E-state index < -0.39 is 0 Å². The third kappa shape index (κ3) is 3.47. The molecule has 128 valence electrons. The molecule has 6 nitrogen and oxygen atoms in total. The summed E-state index contributed by atoms with van der Waals surface area (Å²) in [5.41, 5.74) is 2.40. The van der Waals surface area contributed by atoms with Crippen molar-refractivity contribution in [3.8, 4) is 5.75 Å². The van der Waals surface area contributed by atoms with Gasteiger partial charge in [0.15, 0.2) is 0 Å². The van der Waals surface area contributed by atoms with E-state index in [4.69, 9.17) is 9.47 Å². The fourth-order valence-electron chi connectivity index (χ4n) is 2.52. The number of benzene rings is 2. The second-order valence-electron chi connectivity index (χ2n) is 5.37. The zero-order valence-electron chi connectivity index (χ0n) is 14.0. The molecule has 0 atom stereocenters. The molecule has 2 aromatic carbocycles. The van der Waals surface area contributed by atoms with Crippen LogP contribution in [0.25, 0.3) is 10.9 Å². The third-order valence-corrected chi connectivity index (χ3v) is 3.79. The van der Waals surface area contributed by atoms with Crippen molar-refractivity contribution in [2.24, 2.45) is 0 Å². The average Bonchev–Trinajstić information content (AvgIpc) is 3.05. The van der Waals surface area contributed by atoms with Crippen LogP contribution in [0.4, 0.5) is 5.69 Å². The van der Waals surface area contributed by atoms with Gasteiger partial charge in [0.05, 0.1) is 24.8 Å². The number of rotatable bonds is 5. The topological polar surface area (TPSA) is 80.4 Å². The van der Waals surface area contributed by atoms with E-state index >= 15 is 0 Å². The number of ether oxygens (including phenoxy) is 2. The molecule has 3 aromatic rings. The SMILES string of the molecule is CCOC(=O)c1ccc(NC(=O)c2c[nH]c3ccc(OC)cc23)cc1. The number of nitrogens with one attached hydrogen (secondary N) is 2. The number of hydrogen-bond donors (Lipinski definition) is 2. The van der Waals surface area contributed by atoms with Crippen molar-refractivity contribution in [3.05, 3.63) is 59.8 Å². The quantitative estimate of drug-likeness (QED) is 0.697. The highest BCUT2D eigenvalue weighted by atomic mass is 16.5. The van der Waals surface area contributed by atoms with Crippen LogP contribution in [0.3, 0.4) is 0 Å². The number of aromatic amines is 1. The molecule has 0 bridgehead atoms. The number of H-pyrrole nitrogens is 1. The maximum Gasteiger partial charge on any atom is 0.338 e. The summed E-state index contributed by atoms with van der Waals surface area (Å²) in [6, 6.07) is 12.1. The van der Waals surface area contributed by atoms with Gasteiger partial charge in [-0.15, -0.1) is 0 Å². The number of fused-ring (bicyclic) bond motifs is 1. The second-order valence-corrected chi connectivity index (χ2v) is 5.37. The monoisotopic (exact) mass is 338 g/mol. The number of anilines is 1. The van der Waals surface area contributed by atoms with Crippen LogP contribution in [0.5, 0.6) is 5.75 Å². The Morgan fingerprint density at radius 2 is 1.88 bits per heavy atom. The molecular weight excluding hydrogens is 320 g/mol. The fourth-order valence-corrected chi connectivity index (χ4v) is 2.52. The van der Waals surface area contributed by atoms with Crippen LogP contribution < -0.4 is 10.1 Å². The predicted octanol–water partition coefficient (Wildman–Crippen LogP) is 3.61. The Morgan fingerprint density at radius 1 is 1.12 bits per heavy atom. The lowest BCUT2D eigenvalue weighted by atomic mass is 10.1. The molecule has 0 aliphatic heterocycles. The first kappa shape index (κ1) is 16.6. The first-order valence-electron chi connectivity index (χ1n) is 7.86. The van der Waals surface area contributed by atoms with Crippen molar-refractivity contribution in [2.45, 2.75) is 6.92 Å². The maximum atomic E-state index is 12.5. The normalized spacial score (nSPS) is 10.5. The lowest BCUT2D eigenvalue weighted by molar-refractivity contribution is 0.0526. The van der Waals surface area contributed by atoms with Gasteiger partial charge in [-0.2, -0.15) is 0 Å². The number of amides is 1. The average molecular weight is 338 g/mol. The van der Waals surface area contributed by atoms with Gasteiger partial charge in [0.1, 0.15) is 5.75 Å². The molecule has 0 saturated carbocycles. The predicted molar refractivity (Wildman–Crippen MR) is 95.2 cm³/mol. The standard InChI is InChI=1S/C19H18N2O4/c1-3-25-19(23)12-4-6-13(7-5-12)21-18(22)16-11-20-17-9-8-14(24-2)10-15(16)17/h4-11,20H,3H2,1-2H3,(H,21,22). The van der Waals surface area contributed by atoms with Gasteiger partial charge >= 0.3 is 5.97 Å². The molecule has 0 unspecified atom stereocenters. The molecule has 0 spiro atoms. The van der Waals surface area contributed by atoms with Gasteiger partial charge in [-0.25, -0.2) is 4.79 Å².